The van der Waals surface area contributed by atoms with E-state index in [0.717, 1.165) is 22.5 Å². The average molecular weight is 370 g/mol. The van der Waals surface area contributed by atoms with Gasteiger partial charge in [0.1, 0.15) is 9.57 Å². The molecule has 3 rings (SSSR count). The van der Waals surface area contributed by atoms with Crippen LogP contribution < -0.4 is 10.2 Å². The van der Waals surface area contributed by atoms with Crippen LogP contribution in [0.25, 0.3) is 0 Å². The number of nitrogens with one attached hydrogen (secondary N) is 1. The third-order valence-corrected chi connectivity index (χ3v) is 5.58. The number of anilines is 2. The van der Waals surface area contributed by atoms with Gasteiger partial charge in [-0.25, -0.2) is 0 Å². The van der Waals surface area contributed by atoms with Gasteiger partial charge < -0.3 is 5.32 Å². The van der Waals surface area contributed by atoms with Crippen LogP contribution in [0, 0.1) is 13.8 Å². The lowest BCUT2D eigenvalue weighted by Gasteiger charge is -2.18. The molecule has 1 heterocycles. The molecule has 1 aliphatic heterocycles. The zero-order valence-corrected chi connectivity index (χ0v) is 15.6. The zero-order valence-electron chi connectivity index (χ0n) is 14.0. The minimum atomic E-state index is -0.490. The van der Waals surface area contributed by atoms with Crippen molar-refractivity contribution in [1.29, 1.82) is 0 Å². The largest absolute Gasteiger partial charge is 0.326 e. The molecule has 0 saturated carbocycles. The molecule has 0 spiro atoms. The van der Waals surface area contributed by atoms with Gasteiger partial charge in [0, 0.05) is 12.1 Å². The number of rotatable bonds is 4. The molecule has 2 aromatic carbocycles. The van der Waals surface area contributed by atoms with Crippen molar-refractivity contribution < 1.29 is 9.59 Å². The first-order valence-corrected chi connectivity index (χ1v) is 9.22. The Morgan fingerprint density at radius 2 is 1.76 bits per heavy atom. The number of nitrogens with zero attached hydrogens (tertiary/aromatic N) is 1. The summed E-state index contributed by atoms with van der Waals surface area (Å²) in [4.78, 5) is 26.6. The molecule has 1 saturated heterocycles. The first-order valence-electron chi connectivity index (χ1n) is 7.93. The number of hydrogen-bond donors (Lipinski definition) is 1. The number of thiocarbonyl (C=S) groups is 1. The van der Waals surface area contributed by atoms with Crippen LogP contribution in [0.3, 0.4) is 0 Å². The maximum absolute atomic E-state index is 12.8. The SMILES string of the molecule is Cc1ccccc1NC(=O)CC1SC(=S)N(c2ccccc2C)C1=O. The topological polar surface area (TPSA) is 49.4 Å². The Kier molecular flexibility index (Phi) is 5.20. The normalized spacial score (nSPS) is 17.0. The van der Waals surface area contributed by atoms with E-state index in [2.05, 4.69) is 5.32 Å². The molecule has 0 aromatic heterocycles. The van der Waals surface area contributed by atoms with Crippen LogP contribution in [-0.4, -0.2) is 21.4 Å². The highest BCUT2D eigenvalue weighted by Gasteiger charge is 2.39. The lowest BCUT2D eigenvalue weighted by molar-refractivity contribution is -0.121. The van der Waals surface area contributed by atoms with Gasteiger partial charge in [0.2, 0.25) is 11.8 Å². The van der Waals surface area contributed by atoms with Gasteiger partial charge in [0.25, 0.3) is 0 Å². The summed E-state index contributed by atoms with van der Waals surface area (Å²) in [5.41, 5.74) is 3.51. The molecular formula is C19H18N2O2S2. The van der Waals surface area contributed by atoms with Crippen LogP contribution in [0.1, 0.15) is 17.5 Å². The maximum Gasteiger partial charge on any atom is 0.246 e. The molecule has 1 atom stereocenters. The molecule has 0 bridgehead atoms. The summed E-state index contributed by atoms with van der Waals surface area (Å²) in [6.07, 6.45) is 0.0976. The van der Waals surface area contributed by atoms with Crippen molar-refractivity contribution in [1.82, 2.24) is 0 Å². The van der Waals surface area contributed by atoms with E-state index in [0.29, 0.717) is 4.32 Å². The summed E-state index contributed by atoms with van der Waals surface area (Å²) in [7, 11) is 0. The van der Waals surface area contributed by atoms with E-state index in [4.69, 9.17) is 12.2 Å². The average Bonchev–Trinajstić information content (AvgIpc) is 2.84. The molecule has 0 aliphatic carbocycles. The molecule has 1 aliphatic rings. The molecule has 2 aromatic rings. The Balaban J connectivity index is 1.71. The summed E-state index contributed by atoms with van der Waals surface area (Å²) >= 11 is 6.65. The van der Waals surface area contributed by atoms with Gasteiger partial charge in [0.05, 0.1) is 5.69 Å². The Morgan fingerprint density at radius 3 is 2.44 bits per heavy atom. The Bertz CT molecular complexity index is 851. The molecule has 1 N–H and O–H groups in total. The van der Waals surface area contributed by atoms with Crippen LogP contribution in [0.2, 0.25) is 0 Å². The lowest BCUT2D eigenvalue weighted by Crippen LogP contribution is -2.33. The van der Waals surface area contributed by atoms with E-state index >= 15 is 0 Å². The molecule has 25 heavy (non-hydrogen) atoms. The second-order valence-corrected chi connectivity index (χ2v) is 7.74. The molecule has 128 valence electrons. The number of para-hydroxylation sites is 2. The number of thioether (sulfide) groups is 1. The first kappa shape index (κ1) is 17.6. The van der Waals surface area contributed by atoms with Crippen LogP contribution >= 0.6 is 24.0 Å². The van der Waals surface area contributed by atoms with Crippen molar-refractivity contribution in [2.45, 2.75) is 25.5 Å². The fourth-order valence-corrected chi connectivity index (χ4v) is 4.22. The van der Waals surface area contributed by atoms with Crippen LogP contribution in [0.15, 0.2) is 48.5 Å². The fourth-order valence-electron chi connectivity index (χ4n) is 2.70. The number of carbonyl (C=O) groups excluding carboxylic acids is 2. The van der Waals surface area contributed by atoms with E-state index < -0.39 is 5.25 Å². The van der Waals surface area contributed by atoms with Gasteiger partial charge in [-0.2, -0.15) is 0 Å². The quantitative estimate of drug-likeness (QED) is 0.825. The smallest absolute Gasteiger partial charge is 0.246 e. The summed E-state index contributed by atoms with van der Waals surface area (Å²) in [6.45, 7) is 3.87. The van der Waals surface area contributed by atoms with Gasteiger partial charge >= 0.3 is 0 Å². The third kappa shape index (κ3) is 3.75. The number of benzene rings is 2. The van der Waals surface area contributed by atoms with E-state index in [9.17, 15) is 9.59 Å². The summed E-state index contributed by atoms with van der Waals surface area (Å²) in [6, 6.07) is 15.2. The maximum atomic E-state index is 12.8. The molecule has 6 heteroatoms. The van der Waals surface area contributed by atoms with Crippen LogP contribution in [-0.2, 0) is 9.59 Å². The van der Waals surface area contributed by atoms with Crippen molar-refractivity contribution >= 4 is 51.5 Å². The van der Waals surface area contributed by atoms with Gasteiger partial charge in [0.15, 0.2) is 0 Å². The van der Waals surface area contributed by atoms with Crippen molar-refractivity contribution in [2.24, 2.45) is 0 Å². The molecule has 2 amide bonds. The van der Waals surface area contributed by atoms with Crippen LogP contribution in [0.5, 0.6) is 0 Å². The number of hydrogen-bond acceptors (Lipinski definition) is 4. The van der Waals surface area contributed by atoms with E-state index in [-0.39, 0.29) is 18.2 Å². The minimum Gasteiger partial charge on any atom is -0.326 e. The van der Waals surface area contributed by atoms with E-state index in [1.54, 1.807) is 4.90 Å². The number of amides is 2. The van der Waals surface area contributed by atoms with Crippen molar-refractivity contribution in [3.63, 3.8) is 0 Å². The summed E-state index contributed by atoms with van der Waals surface area (Å²) < 4.78 is 0.494. The molecule has 4 nitrogen and oxygen atoms in total. The highest BCUT2D eigenvalue weighted by molar-refractivity contribution is 8.25. The van der Waals surface area contributed by atoms with Crippen LogP contribution in [0.4, 0.5) is 11.4 Å². The van der Waals surface area contributed by atoms with E-state index in [1.807, 2.05) is 62.4 Å². The second kappa shape index (κ2) is 7.37. The Labute approximate surface area is 156 Å². The Morgan fingerprint density at radius 1 is 1.12 bits per heavy atom. The van der Waals surface area contributed by atoms with Gasteiger partial charge in [-0.05, 0) is 37.1 Å². The first-order chi connectivity index (χ1) is 12.0. The minimum absolute atomic E-state index is 0.0976. The molecular weight excluding hydrogens is 352 g/mol. The molecule has 0 radical (unpaired) electrons. The van der Waals surface area contributed by atoms with Crippen molar-refractivity contribution in [3.05, 3.63) is 59.7 Å². The van der Waals surface area contributed by atoms with Crippen molar-refractivity contribution in [2.75, 3.05) is 10.2 Å². The summed E-state index contributed by atoms with van der Waals surface area (Å²) in [5.74, 6) is -0.321. The monoisotopic (exact) mass is 370 g/mol. The van der Waals surface area contributed by atoms with Gasteiger partial charge in [-0.1, -0.05) is 60.4 Å². The number of carbonyl (C=O) groups is 2. The fraction of sp³-hybridized carbons (Fsp3) is 0.211. The highest BCUT2D eigenvalue weighted by Crippen LogP contribution is 2.35. The van der Waals surface area contributed by atoms with Gasteiger partial charge in [-0.15, -0.1) is 0 Å². The standard InChI is InChI=1S/C19H18N2O2S2/c1-12-7-3-5-9-14(12)20-17(22)11-16-18(23)21(19(24)25-16)15-10-6-4-8-13(15)2/h3-10,16H,11H2,1-2H3,(H,20,22). The Hall–Kier alpha value is -2.18. The van der Waals surface area contributed by atoms with Gasteiger partial charge in [-0.3, -0.25) is 14.5 Å². The summed E-state index contributed by atoms with van der Waals surface area (Å²) in [5, 5.41) is 2.38. The predicted octanol–water partition coefficient (Wildman–Crippen LogP) is 4.07. The lowest BCUT2D eigenvalue weighted by atomic mass is 10.1. The molecule has 1 unspecified atom stereocenters. The number of aryl methyl sites for hydroxylation is 2. The van der Waals surface area contributed by atoms with Crippen molar-refractivity contribution in [3.8, 4) is 0 Å². The predicted molar refractivity (Wildman–Crippen MR) is 107 cm³/mol. The highest BCUT2D eigenvalue weighted by atomic mass is 32.2. The second-order valence-electron chi connectivity index (χ2n) is 5.90. The zero-order chi connectivity index (χ0) is 18.0. The third-order valence-electron chi connectivity index (χ3n) is 4.07. The molecule has 1 fully saturated rings. The van der Waals surface area contributed by atoms with E-state index in [1.165, 1.54) is 11.8 Å².